The maximum atomic E-state index is 11.5. The van der Waals surface area contributed by atoms with Crippen LogP contribution in [0.15, 0.2) is 23.1 Å². The zero-order chi connectivity index (χ0) is 10.9. The smallest absolute Gasteiger partial charge is 0.231 e. The number of hydrogen-bond donors (Lipinski definition) is 0. The Balaban J connectivity index is 2.44. The van der Waals surface area contributed by atoms with Crippen LogP contribution >= 0.6 is 0 Å². The van der Waals surface area contributed by atoms with Gasteiger partial charge in [0.15, 0.2) is 21.3 Å². The Bertz CT molecular complexity index is 530. The van der Waals surface area contributed by atoms with E-state index in [0.29, 0.717) is 11.5 Å². The fraction of sp³-hybridized carbons (Fsp3) is 0.222. The average Bonchev–Trinajstić information content (AvgIpc) is 2.63. The van der Waals surface area contributed by atoms with Crippen molar-refractivity contribution in [3.8, 4) is 17.6 Å². The largest absolute Gasteiger partial charge is 0.454 e. The number of ether oxygens (including phenoxy) is 2. The first kappa shape index (κ1) is 9.80. The highest BCUT2D eigenvalue weighted by atomic mass is 32.2. The van der Waals surface area contributed by atoms with E-state index in [9.17, 15) is 8.42 Å². The number of benzene rings is 1. The summed E-state index contributed by atoms with van der Waals surface area (Å²) >= 11 is 0. The van der Waals surface area contributed by atoms with Crippen molar-refractivity contribution >= 4 is 9.84 Å². The lowest BCUT2D eigenvalue weighted by molar-refractivity contribution is 0.174. The van der Waals surface area contributed by atoms with E-state index >= 15 is 0 Å². The lowest BCUT2D eigenvalue weighted by atomic mass is 10.3. The third-order valence-corrected chi connectivity index (χ3v) is 3.44. The second-order valence-electron chi connectivity index (χ2n) is 2.93. The summed E-state index contributed by atoms with van der Waals surface area (Å²) < 4.78 is 33.1. The van der Waals surface area contributed by atoms with Crippen molar-refractivity contribution in [2.75, 3.05) is 12.5 Å². The molecule has 0 bridgehead atoms. The molecular formula is C9H7NO4S. The van der Waals surface area contributed by atoms with Crippen molar-refractivity contribution in [3.63, 3.8) is 0 Å². The predicted octanol–water partition coefficient (Wildman–Crippen LogP) is 0.713. The minimum Gasteiger partial charge on any atom is -0.454 e. The van der Waals surface area contributed by atoms with Crippen LogP contribution in [0.3, 0.4) is 0 Å². The molecule has 15 heavy (non-hydrogen) atoms. The van der Waals surface area contributed by atoms with Crippen molar-refractivity contribution in [1.29, 1.82) is 5.26 Å². The lowest BCUT2D eigenvalue weighted by Crippen LogP contribution is -2.04. The lowest BCUT2D eigenvalue weighted by Gasteiger charge is -2.01. The molecule has 1 aromatic rings. The molecule has 0 fully saturated rings. The van der Waals surface area contributed by atoms with Crippen molar-refractivity contribution in [3.05, 3.63) is 18.2 Å². The molecule has 0 saturated heterocycles. The first-order valence-electron chi connectivity index (χ1n) is 4.13. The molecule has 0 aromatic heterocycles. The van der Waals surface area contributed by atoms with Gasteiger partial charge >= 0.3 is 0 Å². The fourth-order valence-corrected chi connectivity index (χ4v) is 2.14. The van der Waals surface area contributed by atoms with Gasteiger partial charge in [0.2, 0.25) is 6.79 Å². The molecule has 0 spiro atoms. The Kier molecular flexibility index (Phi) is 2.25. The van der Waals surface area contributed by atoms with Crippen LogP contribution in [0, 0.1) is 11.3 Å². The van der Waals surface area contributed by atoms with Gasteiger partial charge in [-0.15, -0.1) is 0 Å². The predicted molar refractivity (Wildman–Crippen MR) is 50.2 cm³/mol. The highest BCUT2D eigenvalue weighted by Crippen LogP contribution is 2.33. The molecule has 0 radical (unpaired) electrons. The van der Waals surface area contributed by atoms with Gasteiger partial charge in [0.05, 0.1) is 11.0 Å². The number of hydrogen-bond acceptors (Lipinski definition) is 5. The maximum Gasteiger partial charge on any atom is 0.231 e. The molecular weight excluding hydrogens is 218 g/mol. The van der Waals surface area contributed by atoms with Crippen LogP contribution in [-0.4, -0.2) is 21.0 Å². The topological polar surface area (TPSA) is 76.4 Å². The summed E-state index contributed by atoms with van der Waals surface area (Å²) in [5, 5.41) is 8.37. The van der Waals surface area contributed by atoms with Crippen LogP contribution in [0.25, 0.3) is 0 Å². The number of nitriles is 1. The summed E-state index contributed by atoms with van der Waals surface area (Å²) in [5.41, 5.74) is 0. The molecule has 0 atom stereocenters. The molecule has 2 rings (SSSR count). The molecule has 78 valence electrons. The Labute approximate surface area is 86.8 Å². The molecule has 0 amide bonds. The number of fused-ring (bicyclic) bond motifs is 1. The van der Waals surface area contributed by atoms with Gasteiger partial charge < -0.3 is 9.47 Å². The number of nitrogens with zero attached hydrogens (tertiary/aromatic N) is 1. The first-order chi connectivity index (χ1) is 7.13. The van der Waals surface area contributed by atoms with Gasteiger partial charge in [-0.3, -0.25) is 0 Å². The Hall–Kier alpha value is -1.74. The minimum absolute atomic E-state index is 0.0771. The molecule has 5 nitrogen and oxygen atoms in total. The third-order valence-electron chi connectivity index (χ3n) is 1.96. The SMILES string of the molecule is N#CCS(=O)(=O)c1ccc2c(c1)OCO2. The summed E-state index contributed by atoms with van der Waals surface area (Å²) in [6.45, 7) is 0.0943. The molecule has 0 N–H and O–H groups in total. The van der Waals surface area contributed by atoms with E-state index in [1.54, 1.807) is 6.07 Å². The molecule has 1 heterocycles. The standard InChI is InChI=1S/C9H7NO4S/c10-3-4-15(11,12)7-1-2-8-9(5-7)14-6-13-8/h1-2,5H,4,6H2. The summed E-state index contributed by atoms with van der Waals surface area (Å²) in [6.07, 6.45) is 0. The Morgan fingerprint density at radius 2 is 2.07 bits per heavy atom. The van der Waals surface area contributed by atoms with E-state index in [1.165, 1.54) is 18.2 Å². The van der Waals surface area contributed by atoms with E-state index in [4.69, 9.17) is 14.7 Å². The van der Waals surface area contributed by atoms with E-state index in [0.717, 1.165) is 0 Å². The molecule has 0 aliphatic carbocycles. The minimum atomic E-state index is -3.53. The Morgan fingerprint density at radius 3 is 2.80 bits per heavy atom. The Morgan fingerprint density at radius 1 is 1.33 bits per heavy atom. The van der Waals surface area contributed by atoms with Crippen LogP contribution in [0.4, 0.5) is 0 Å². The summed E-state index contributed by atoms with van der Waals surface area (Å²) in [7, 11) is -3.53. The van der Waals surface area contributed by atoms with Crippen LogP contribution in [0.1, 0.15) is 0 Å². The second kappa shape index (κ2) is 3.44. The van der Waals surface area contributed by atoms with Crippen LogP contribution < -0.4 is 9.47 Å². The van der Waals surface area contributed by atoms with Gasteiger partial charge in [-0.05, 0) is 12.1 Å². The number of sulfone groups is 1. The normalized spacial score (nSPS) is 13.5. The average molecular weight is 225 g/mol. The first-order valence-corrected chi connectivity index (χ1v) is 5.78. The molecule has 0 saturated carbocycles. The van der Waals surface area contributed by atoms with Gasteiger partial charge in [-0.25, -0.2) is 8.42 Å². The molecule has 1 aliphatic heterocycles. The zero-order valence-corrected chi connectivity index (χ0v) is 8.45. The summed E-state index contributed by atoms with van der Waals surface area (Å²) in [4.78, 5) is 0.0771. The van der Waals surface area contributed by atoms with Gasteiger partial charge in [0, 0.05) is 6.07 Å². The van der Waals surface area contributed by atoms with Crippen LogP contribution in [0.2, 0.25) is 0 Å². The van der Waals surface area contributed by atoms with Gasteiger partial charge in [-0.2, -0.15) is 5.26 Å². The van der Waals surface area contributed by atoms with Crippen molar-refractivity contribution in [1.82, 2.24) is 0 Å². The van der Waals surface area contributed by atoms with E-state index < -0.39 is 15.6 Å². The molecule has 1 aliphatic rings. The summed E-state index contributed by atoms with van der Waals surface area (Å²) in [6, 6.07) is 5.91. The fourth-order valence-electron chi connectivity index (χ4n) is 1.24. The van der Waals surface area contributed by atoms with Crippen LogP contribution in [-0.2, 0) is 9.84 Å². The molecule has 6 heteroatoms. The maximum absolute atomic E-state index is 11.5. The molecule has 1 aromatic carbocycles. The zero-order valence-electron chi connectivity index (χ0n) is 7.63. The number of rotatable bonds is 2. The van der Waals surface area contributed by atoms with E-state index in [2.05, 4.69) is 0 Å². The highest BCUT2D eigenvalue weighted by Gasteiger charge is 2.19. The monoisotopic (exact) mass is 225 g/mol. The van der Waals surface area contributed by atoms with Crippen LogP contribution in [0.5, 0.6) is 11.5 Å². The summed E-state index contributed by atoms with van der Waals surface area (Å²) in [5.74, 6) is 0.382. The van der Waals surface area contributed by atoms with Crippen molar-refractivity contribution in [2.45, 2.75) is 4.90 Å². The van der Waals surface area contributed by atoms with E-state index in [-0.39, 0.29) is 11.7 Å². The van der Waals surface area contributed by atoms with Crippen molar-refractivity contribution in [2.24, 2.45) is 0 Å². The van der Waals surface area contributed by atoms with Crippen molar-refractivity contribution < 1.29 is 17.9 Å². The van der Waals surface area contributed by atoms with E-state index in [1.807, 2.05) is 0 Å². The van der Waals surface area contributed by atoms with Gasteiger partial charge in [-0.1, -0.05) is 0 Å². The second-order valence-corrected chi connectivity index (χ2v) is 4.92. The molecule has 0 unspecified atom stereocenters. The van der Waals surface area contributed by atoms with Gasteiger partial charge in [0.1, 0.15) is 5.75 Å². The third kappa shape index (κ3) is 1.74. The quantitative estimate of drug-likeness (QED) is 0.740. The van der Waals surface area contributed by atoms with Gasteiger partial charge in [0.25, 0.3) is 0 Å². The highest BCUT2D eigenvalue weighted by molar-refractivity contribution is 7.91.